The largest absolute Gasteiger partial charge is 0.465 e. The number of halogens is 1. The number of esters is 1. The first-order valence-electron chi connectivity index (χ1n) is 4.60. The van der Waals surface area contributed by atoms with Crippen LogP contribution in [0.25, 0.3) is 11.4 Å². The van der Waals surface area contributed by atoms with E-state index >= 15 is 0 Å². The molecule has 4 nitrogen and oxygen atoms in total. The Balaban J connectivity index is 2.57. The standard InChI is InChI=1S/C11H9BrN2O2/c1-16-11(15)9-6-7(12)2-3-8(9)10-13-4-5-14-10/h2-6H,1H3,(H,13,14). The molecule has 0 radical (unpaired) electrons. The Hall–Kier alpha value is -1.62. The van der Waals surface area contributed by atoms with Crippen molar-refractivity contribution in [2.75, 3.05) is 7.11 Å². The summed E-state index contributed by atoms with van der Waals surface area (Å²) in [6.45, 7) is 0. The van der Waals surface area contributed by atoms with E-state index in [9.17, 15) is 4.79 Å². The second-order valence-corrected chi connectivity index (χ2v) is 4.03. The number of imidazole rings is 1. The Morgan fingerprint density at radius 3 is 2.94 bits per heavy atom. The molecule has 1 aromatic heterocycles. The molecular weight excluding hydrogens is 272 g/mol. The number of ether oxygens (including phenoxy) is 1. The first-order valence-corrected chi connectivity index (χ1v) is 5.39. The highest BCUT2D eigenvalue weighted by Crippen LogP contribution is 2.24. The van der Waals surface area contributed by atoms with Crippen LogP contribution in [0.2, 0.25) is 0 Å². The number of carbonyl (C=O) groups is 1. The van der Waals surface area contributed by atoms with E-state index in [4.69, 9.17) is 4.74 Å². The third kappa shape index (κ3) is 1.99. The molecule has 1 aromatic carbocycles. The Morgan fingerprint density at radius 2 is 2.31 bits per heavy atom. The van der Waals surface area contributed by atoms with Gasteiger partial charge in [-0.3, -0.25) is 0 Å². The number of nitrogens with zero attached hydrogens (tertiary/aromatic N) is 1. The molecule has 0 bridgehead atoms. The number of nitrogens with one attached hydrogen (secondary N) is 1. The van der Waals surface area contributed by atoms with Gasteiger partial charge in [0.05, 0.1) is 12.7 Å². The maximum atomic E-state index is 11.6. The molecular formula is C11H9BrN2O2. The van der Waals surface area contributed by atoms with Crippen molar-refractivity contribution in [3.63, 3.8) is 0 Å². The minimum absolute atomic E-state index is 0.382. The second-order valence-electron chi connectivity index (χ2n) is 3.12. The van der Waals surface area contributed by atoms with Crippen LogP contribution < -0.4 is 0 Å². The molecule has 1 heterocycles. The number of hydrogen-bond donors (Lipinski definition) is 1. The maximum absolute atomic E-state index is 11.6. The number of carbonyl (C=O) groups excluding carboxylic acids is 1. The van der Waals surface area contributed by atoms with Gasteiger partial charge < -0.3 is 9.72 Å². The Labute approximate surface area is 101 Å². The van der Waals surface area contributed by atoms with Gasteiger partial charge in [0.1, 0.15) is 5.82 Å². The number of methoxy groups -OCH3 is 1. The highest BCUT2D eigenvalue weighted by atomic mass is 79.9. The van der Waals surface area contributed by atoms with E-state index in [-0.39, 0.29) is 5.97 Å². The van der Waals surface area contributed by atoms with E-state index in [0.29, 0.717) is 11.4 Å². The molecule has 0 unspecified atom stereocenters. The quantitative estimate of drug-likeness (QED) is 0.861. The Bertz CT molecular complexity index is 509. The van der Waals surface area contributed by atoms with Crippen LogP contribution in [0.5, 0.6) is 0 Å². The summed E-state index contributed by atoms with van der Waals surface area (Å²) >= 11 is 3.32. The van der Waals surface area contributed by atoms with E-state index in [0.717, 1.165) is 10.0 Å². The van der Waals surface area contributed by atoms with Crippen LogP contribution in [0.15, 0.2) is 35.1 Å². The zero-order valence-corrected chi connectivity index (χ0v) is 10.1. The summed E-state index contributed by atoms with van der Waals surface area (Å²) < 4.78 is 5.55. The van der Waals surface area contributed by atoms with Crippen molar-refractivity contribution in [2.24, 2.45) is 0 Å². The summed E-state index contributed by atoms with van der Waals surface area (Å²) in [6, 6.07) is 5.38. The predicted molar refractivity (Wildman–Crippen MR) is 63.1 cm³/mol. The normalized spacial score (nSPS) is 10.1. The Morgan fingerprint density at radius 1 is 1.50 bits per heavy atom. The van der Waals surface area contributed by atoms with Crippen LogP contribution in [-0.4, -0.2) is 23.0 Å². The molecule has 0 aliphatic rings. The van der Waals surface area contributed by atoms with Crippen molar-refractivity contribution in [3.05, 3.63) is 40.6 Å². The molecule has 82 valence electrons. The molecule has 0 saturated heterocycles. The fourth-order valence-electron chi connectivity index (χ4n) is 1.41. The summed E-state index contributed by atoms with van der Waals surface area (Å²) in [6.07, 6.45) is 3.34. The Kier molecular flexibility index (Phi) is 3.05. The molecule has 0 spiro atoms. The monoisotopic (exact) mass is 280 g/mol. The molecule has 0 aliphatic heterocycles. The lowest BCUT2D eigenvalue weighted by atomic mass is 10.1. The fraction of sp³-hybridized carbons (Fsp3) is 0.0909. The molecule has 0 aliphatic carbocycles. The summed E-state index contributed by atoms with van der Waals surface area (Å²) in [5.41, 5.74) is 1.20. The van der Waals surface area contributed by atoms with Crippen LogP contribution in [-0.2, 0) is 4.74 Å². The van der Waals surface area contributed by atoms with Gasteiger partial charge in [0, 0.05) is 22.4 Å². The van der Waals surface area contributed by atoms with Crippen LogP contribution >= 0.6 is 15.9 Å². The average Bonchev–Trinajstić information content (AvgIpc) is 2.81. The predicted octanol–water partition coefficient (Wildman–Crippen LogP) is 2.63. The first-order chi connectivity index (χ1) is 7.72. The summed E-state index contributed by atoms with van der Waals surface area (Å²) in [5, 5.41) is 0. The van der Waals surface area contributed by atoms with E-state index in [1.54, 1.807) is 18.5 Å². The molecule has 0 saturated carbocycles. The van der Waals surface area contributed by atoms with Gasteiger partial charge in [-0.15, -0.1) is 0 Å². The summed E-state index contributed by atoms with van der Waals surface area (Å²) in [7, 11) is 1.36. The summed E-state index contributed by atoms with van der Waals surface area (Å²) in [4.78, 5) is 18.7. The maximum Gasteiger partial charge on any atom is 0.338 e. The average molecular weight is 281 g/mol. The lowest BCUT2D eigenvalue weighted by Gasteiger charge is -2.05. The lowest BCUT2D eigenvalue weighted by molar-refractivity contribution is 0.0601. The van der Waals surface area contributed by atoms with Gasteiger partial charge in [0.25, 0.3) is 0 Å². The highest BCUT2D eigenvalue weighted by Gasteiger charge is 2.14. The lowest BCUT2D eigenvalue weighted by Crippen LogP contribution is -2.04. The third-order valence-electron chi connectivity index (χ3n) is 2.14. The smallest absolute Gasteiger partial charge is 0.338 e. The first kappa shape index (κ1) is 10.9. The van der Waals surface area contributed by atoms with Crippen molar-refractivity contribution in [3.8, 4) is 11.4 Å². The highest BCUT2D eigenvalue weighted by molar-refractivity contribution is 9.10. The third-order valence-corrected chi connectivity index (χ3v) is 2.63. The van der Waals surface area contributed by atoms with Crippen molar-refractivity contribution < 1.29 is 9.53 Å². The van der Waals surface area contributed by atoms with Crippen LogP contribution in [0.1, 0.15) is 10.4 Å². The van der Waals surface area contributed by atoms with Gasteiger partial charge in [0.15, 0.2) is 0 Å². The van der Waals surface area contributed by atoms with E-state index in [2.05, 4.69) is 25.9 Å². The van der Waals surface area contributed by atoms with Gasteiger partial charge in [-0.2, -0.15) is 0 Å². The van der Waals surface area contributed by atoms with Gasteiger partial charge in [-0.05, 0) is 18.2 Å². The molecule has 5 heteroatoms. The van der Waals surface area contributed by atoms with E-state index in [1.165, 1.54) is 7.11 Å². The number of aromatic nitrogens is 2. The van der Waals surface area contributed by atoms with Gasteiger partial charge >= 0.3 is 5.97 Å². The number of aromatic amines is 1. The van der Waals surface area contributed by atoms with Crippen LogP contribution in [0.4, 0.5) is 0 Å². The second kappa shape index (κ2) is 4.49. The number of benzene rings is 1. The molecule has 16 heavy (non-hydrogen) atoms. The van der Waals surface area contributed by atoms with Gasteiger partial charge in [-0.1, -0.05) is 15.9 Å². The molecule has 2 rings (SSSR count). The van der Waals surface area contributed by atoms with E-state index in [1.807, 2.05) is 12.1 Å². The zero-order valence-electron chi connectivity index (χ0n) is 8.53. The van der Waals surface area contributed by atoms with Gasteiger partial charge in [0.2, 0.25) is 0 Å². The van der Waals surface area contributed by atoms with Crippen LogP contribution in [0.3, 0.4) is 0 Å². The fourth-order valence-corrected chi connectivity index (χ4v) is 1.78. The number of rotatable bonds is 2. The SMILES string of the molecule is COC(=O)c1cc(Br)ccc1-c1ncc[nH]1. The molecule has 0 amide bonds. The van der Waals surface area contributed by atoms with Crippen molar-refractivity contribution in [1.82, 2.24) is 9.97 Å². The topological polar surface area (TPSA) is 55.0 Å². The van der Waals surface area contributed by atoms with Crippen LogP contribution in [0, 0.1) is 0 Å². The number of hydrogen-bond acceptors (Lipinski definition) is 3. The summed E-state index contributed by atoms with van der Waals surface area (Å²) in [5.74, 6) is 0.264. The minimum Gasteiger partial charge on any atom is -0.465 e. The molecule has 2 aromatic rings. The van der Waals surface area contributed by atoms with E-state index < -0.39 is 0 Å². The number of H-pyrrole nitrogens is 1. The van der Waals surface area contributed by atoms with Gasteiger partial charge in [-0.25, -0.2) is 9.78 Å². The molecule has 0 atom stereocenters. The van der Waals surface area contributed by atoms with Crippen molar-refractivity contribution >= 4 is 21.9 Å². The molecule has 1 N–H and O–H groups in total. The van der Waals surface area contributed by atoms with Crippen molar-refractivity contribution in [1.29, 1.82) is 0 Å². The minimum atomic E-state index is -0.382. The zero-order chi connectivity index (χ0) is 11.5. The van der Waals surface area contributed by atoms with Crippen molar-refractivity contribution in [2.45, 2.75) is 0 Å². The molecule has 0 fully saturated rings.